The maximum atomic E-state index is 11.8. The highest BCUT2D eigenvalue weighted by atomic mass is 16.5. The molecular formula is C13H16O3. The van der Waals surface area contributed by atoms with E-state index in [0.717, 1.165) is 24.8 Å². The Labute approximate surface area is 95.4 Å². The van der Waals surface area contributed by atoms with Crippen LogP contribution in [0.25, 0.3) is 0 Å². The number of hydrogen-bond donors (Lipinski definition) is 0. The number of methoxy groups -OCH3 is 2. The van der Waals surface area contributed by atoms with E-state index in [4.69, 9.17) is 9.47 Å². The molecule has 0 amide bonds. The molecule has 1 aliphatic rings. The van der Waals surface area contributed by atoms with Crippen LogP contribution in [-0.4, -0.2) is 20.2 Å². The smallest absolute Gasteiger partial charge is 0.341 e. The molecule has 0 unspecified atom stereocenters. The molecule has 1 aromatic carbocycles. The van der Waals surface area contributed by atoms with Gasteiger partial charge in [0.1, 0.15) is 11.3 Å². The quantitative estimate of drug-likeness (QED) is 0.718. The fourth-order valence-electron chi connectivity index (χ4n) is 2.30. The third kappa shape index (κ3) is 1.77. The highest BCUT2D eigenvalue weighted by Crippen LogP contribution is 2.31. The van der Waals surface area contributed by atoms with Gasteiger partial charge in [0.2, 0.25) is 0 Å². The summed E-state index contributed by atoms with van der Waals surface area (Å²) in [4.78, 5) is 11.8. The fourth-order valence-corrected chi connectivity index (χ4v) is 2.30. The molecule has 0 saturated carbocycles. The van der Waals surface area contributed by atoms with Crippen LogP contribution in [0.1, 0.15) is 34.3 Å². The van der Waals surface area contributed by atoms with Gasteiger partial charge in [0, 0.05) is 0 Å². The Bertz CT molecular complexity index is 410. The van der Waals surface area contributed by atoms with Gasteiger partial charge in [-0.25, -0.2) is 4.79 Å². The molecule has 1 aliphatic carbocycles. The molecule has 86 valence electrons. The second-order valence-corrected chi connectivity index (χ2v) is 3.98. The highest BCUT2D eigenvalue weighted by molar-refractivity contribution is 5.94. The van der Waals surface area contributed by atoms with E-state index < -0.39 is 0 Å². The van der Waals surface area contributed by atoms with Crippen LogP contribution < -0.4 is 4.74 Å². The van der Waals surface area contributed by atoms with E-state index in [1.807, 2.05) is 6.07 Å². The van der Waals surface area contributed by atoms with Crippen LogP contribution in [0.15, 0.2) is 12.1 Å². The molecule has 3 nitrogen and oxygen atoms in total. The van der Waals surface area contributed by atoms with Crippen molar-refractivity contribution in [2.24, 2.45) is 0 Å². The van der Waals surface area contributed by atoms with E-state index in [2.05, 4.69) is 6.07 Å². The Hall–Kier alpha value is -1.51. The Balaban J connectivity index is 2.56. The lowest BCUT2D eigenvalue weighted by Crippen LogP contribution is -2.13. The van der Waals surface area contributed by atoms with E-state index in [1.165, 1.54) is 19.1 Å². The summed E-state index contributed by atoms with van der Waals surface area (Å²) in [5, 5.41) is 0. The predicted molar refractivity (Wildman–Crippen MR) is 61.0 cm³/mol. The van der Waals surface area contributed by atoms with E-state index in [1.54, 1.807) is 7.11 Å². The van der Waals surface area contributed by atoms with E-state index in [9.17, 15) is 4.79 Å². The summed E-state index contributed by atoms with van der Waals surface area (Å²) in [6.45, 7) is 0. The summed E-state index contributed by atoms with van der Waals surface area (Å²) in [6, 6.07) is 3.91. The summed E-state index contributed by atoms with van der Waals surface area (Å²) >= 11 is 0. The van der Waals surface area contributed by atoms with Gasteiger partial charge in [-0.3, -0.25) is 0 Å². The minimum absolute atomic E-state index is 0.296. The first-order valence-corrected chi connectivity index (χ1v) is 5.55. The molecule has 3 heteroatoms. The van der Waals surface area contributed by atoms with Crippen molar-refractivity contribution < 1.29 is 14.3 Å². The first-order chi connectivity index (χ1) is 7.77. The molecule has 0 fully saturated rings. The number of fused-ring (bicyclic) bond motifs is 1. The van der Waals surface area contributed by atoms with Gasteiger partial charge in [0.25, 0.3) is 0 Å². The predicted octanol–water partition coefficient (Wildman–Crippen LogP) is 2.36. The van der Waals surface area contributed by atoms with Gasteiger partial charge in [-0.1, -0.05) is 6.07 Å². The highest BCUT2D eigenvalue weighted by Gasteiger charge is 2.22. The normalized spacial score (nSPS) is 14.1. The van der Waals surface area contributed by atoms with Crippen molar-refractivity contribution in [1.82, 2.24) is 0 Å². The number of rotatable bonds is 2. The van der Waals surface area contributed by atoms with Crippen LogP contribution in [0.2, 0.25) is 0 Å². The maximum absolute atomic E-state index is 11.8. The molecule has 2 rings (SSSR count). The number of carbonyl (C=O) groups excluding carboxylic acids is 1. The lowest BCUT2D eigenvalue weighted by atomic mass is 9.88. The minimum Gasteiger partial charge on any atom is -0.496 e. The van der Waals surface area contributed by atoms with E-state index in [-0.39, 0.29) is 5.97 Å². The average molecular weight is 220 g/mol. The zero-order valence-electron chi connectivity index (χ0n) is 9.71. The molecular weight excluding hydrogens is 204 g/mol. The Morgan fingerprint density at radius 3 is 2.62 bits per heavy atom. The van der Waals surface area contributed by atoms with Crippen LogP contribution in [0, 0.1) is 0 Å². The van der Waals surface area contributed by atoms with Crippen LogP contribution in [0.5, 0.6) is 5.75 Å². The van der Waals surface area contributed by atoms with Crippen molar-refractivity contribution >= 4 is 5.97 Å². The van der Waals surface area contributed by atoms with Crippen LogP contribution in [-0.2, 0) is 17.6 Å². The topological polar surface area (TPSA) is 35.5 Å². The molecule has 0 saturated heterocycles. The maximum Gasteiger partial charge on any atom is 0.341 e. The lowest BCUT2D eigenvalue weighted by molar-refractivity contribution is 0.0595. The number of hydrogen-bond acceptors (Lipinski definition) is 3. The Morgan fingerprint density at radius 1 is 1.19 bits per heavy atom. The third-order valence-corrected chi connectivity index (χ3v) is 3.10. The number of benzene rings is 1. The Morgan fingerprint density at radius 2 is 1.94 bits per heavy atom. The molecule has 0 spiro atoms. The van der Waals surface area contributed by atoms with E-state index >= 15 is 0 Å². The van der Waals surface area contributed by atoms with Crippen LogP contribution in [0.4, 0.5) is 0 Å². The van der Waals surface area contributed by atoms with Gasteiger partial charge < -0.3 is 9.47 Å². The average Bonchev–Trinajstić information content (AvgIpc) is 2.36. The summed E-state index contributed by atoms with van der Waals surface area (Å²) < 4.78 is 10.1. The number of ether oxygens (including phenoxy) is 2. The molecule has 0 heterocycles. The van der Waals surface area contributed by atoms with Crippen LogP contribution >= 0.6 is 0 Å². The summed E-state index contributed by atoms with van der Waals surface area (Å²) in [6.07, 6.45) is 4.31. The first-order valence-electron chi connectivity index (χ1n) is 5.55. The van der Waals surface area contributed by atoms with Gasteiger partial charge in [-0.05, 0) is 42.9 Å². The van der Waals surface area contributed by atoms with Crippen LogP contribution in [0.3, 0.4) is 0 Å². The molecule has 0 aromatic heterocycles. The van der Waals surface area contributed by atoms with Gasteiger partial charge in [-0.15, -0.1) is 0 Å². The van der Waals surface area contributed by atoms with Crippen molar-refractivity contribution in [3.8, 4) is 5.75 Å². The van der Waals surface area contributed by atoms with Gasteiger partial charge in [-0.2, -0.15) is 0 Å². The molecule has 0 bridgehead atoms. The van der Waals surface area contributed by atoms with Gasteiger partial charge in [0.15, 0.2) is 0 Å². The second kappa shape index (κ2) is 4.56. The number of aryl methyl sites for hydroxylation is 1. The van der Waals surface area contributed by atoms with Crippen molar-refractivity contribution in [1.29, 1.82) is 0 Å². The molecule has 0 radical (unpaired) electrons. The first kappa shape index (κ1) is 11.0. The Kier molecular flexibility index (Phi) is 3.13. The van der Waals surface area contributed by atoms with Gasteiger partial charge in [0.05, 0.1) is 14.2 Å². The monoisotopic (exact) mass is 220 g/mol. The third-order valence-electron chi connectivity index (χ3n) is 3.10. The van der Waals surface area contributed by atoms with Gasteiger partial charge >= 0.3 is 5.97 Å². The molecule has 1 aromatic rings. The SMILES string of the molecule is COC(=O)c1c(OC)ccc2c1CCCC2. The molecule has 0 atom stereocenters. The van der Waals surface area contributed by atoms with Crippen molar-refractivity contribution in [3.63, 3.8) is 0 Å². The number of carbonyl (C=O) groups is 1. The lowest BCUT2D eigenvalue weighted by Gasteiger charge is -2.20. The van der Waals surface area contributed by atoms with Crippen molar-refractivity contribution in [2.75, 3.05) is 14.2 Å². The zero-order valence-corrected chi connectivity index (χ0v) is 9.71. The summed E-state index contributed by atoms with van der Waals surface area (Å²) in [5.74, 6) is 0.322. The summed E-state index contributed by atoms with van der Waals surface area (Å²) in [5.41, 5.74) is 2.98. The minimum atomic E-state index is -0.296. The molecule has 0 N–H and O–H groups in total. The number of esters is 1. The molecule has 0 aliphatic heterocycles. The van der Waals surface area contributed by atoms with Crippen molar-refractivity contribution in [3.05, 3.63) is 28.8 Å². The van der Waals surface area contributed by atoms with Crippen molar-refractivity contribution in [2.45, 2.75) is 25.7 Å². The fraction of sp³-hybridized carbons (Fsp3) is 0.462. The zero-order chi connectivity index (χ0) is 11.5. The standard InChI is InChI=1S/C13H16O3/c1-15-11-8-7-9-5-3-4-6-10(9)12(11)13(14)16-2/h7-8H,3-6H2,1-2H3. The largest absolute Gasteiger partial charge is 0.496 e. The molecule has 16 heavy (non-hydrogen) atoms. The van der Waals surface area contributed by atoms with E-state index in [0.29, 0.717) is 11.3 Å². The second-order valence-electron chi connectivity index (χ2n) is 3.98. The summed E-state index contributed by atoms with van der Waals surface area (Å²) in [7, 11) is 2.99.